The van der Waals surface area contributed by atoms with Gasteiger partial charge in [0, 0.05) is 0 Å². The van der Waals surface area contributed by atoms with Crippen molar-refractivity contribution in [1.82, 2.24) is 0 Å². The van der Waals surface area contributed by atoms with Crippen LogP contribution in [0.1, 0.15) is 0 Å². The van der Waals surface area contributed by atoms with Crippen LogP contribution in [0.15, 0.2) is 0 Å². The second-order valence-corrected chi connectivity index (χ2v) is 3.90. The molecular weight excluding hydrogens is 319 g/mol. The number of halogens is 8. The second-order valence-electron chi connectivity index (χ2n) is 2.50. The van der Waals surface area contributed by atoms with Gasteiger partial charge in [0.2, 0.25) is 0 Å². The zero-order valence-electron chi connectivity index (χ0n) is 7.73. The van der Waals surface area contributed by atoms with Crippen LogP contribution in [0, 0.1) is 0 Å². The van der Waals surface area contributed by atoms with Crippen molar-refractivity contribution in [1.29, 1.82) is 0 Å². The van der Waals surface area contributed by atoms with Crippen LogP contribution < -0.4 is 51.4 Å². The first kappa shape index (κ1) is 20.3. The molecule has 13 heteroatoms. The van der Waals surface area contributed by atoms with E-state index in [1.807, 2.05) is 0 Å². The summed E-state index contributed by atoms with van der Waals surface area (Å²) in [4.78, 5) is 0. The number of alkyl halides is 8. The van der Waals surface area contributed by atoms with Gasteiger partial charge in [-0.05, 0) is 0 Å². The standard InChI is InChI=1S/C4H2F8O3S.K/c5-1(16(13,14)15)2(6,7)3(8,9)4(10,11)12;/h1H,(H,13,14,15);/q;+1/p-1. The molecule has 0 spiro atoms. The van der Waals surface area contributed by atoms with Crippen molar-refractivity contribution < 1.29 is 99.5 Å². The van der Waals surface area contributed by atoms with Crippen molar-refractivity contribution in [3.8, 4) is 0 Å². The normalized spacial score (nSPS) is 16.3. The Morgan fingerprint density at radius 1 is 0.941 bits per heavy atom. The van der Waals surface area contributed by atoms with Gasteiger partial charge < -0.3 is 4.55 Å². The van der Waals surface area contributed by atoms with E-state index in [9.17, 15) is 48.1 Å². The maximum atomic E-state index is 12.2. The van der Waals surface area contributed by atoms with Crippen LogP contribution in [0.2, 0.25) is 0 Å². The van der Waals surface area contributed by atoms with Crippen molar-refractivity contribution in [2.24, 2.45) is 0 Å². The molecule has 0 saturated carbocycles. The van der Waals surface area contributed by atoms with Crippen LogP contribution in [0.4, 0.5) is 35.1 Å². The predicted molar refractivity (Wildman–Crippen MR) is 30.5 cm³/mol. The summed E-state index contributed by atoms with van der Waals surface area (Å²) in [5, 5.41) is 0. The Morgan fingerprint density at radius 3 is 1.41 bits per heavy atom. The van der Waals surface area contributed by atoms with Crippen LogP contribution in [0.25, 0.3) is 0 Å². The third-order valence-electron chi connectivity index (χ3n) is 1.31. The van der Waals surface area contributed by atoms with E-state index in [-0.39, 0.29) is 51.4 Å². The molecular formula is C4HF8KO3S. The maximum absolute atomic E-state index is 12.2. The van der Waals surface area contributed by atoms with Gasteiger partial charge in [0.25, 0.3) is 5.50 Å². The van der Waals surface area contributed by atoms with Gasteiger partial charge in [-0.2, -0.15) is 30.7 Å². The molecule has 0 N–H and O–H groups in total. The molecule has 3 nitrogen and oxygen atoms in total. The first-order chi connectivity index (χ1) is 6.65. The Labute approximate surface area is 132 Å². The van der Waals surface area contributed by atoms with Crippen molar-refractivity contribution in [2.75, 3.05) is 0 Å². The summed E-state index contributed by atoms with van der Waals surface area (Å²) in [6.07, 6.45) is -6.90. The molecule has 0 aliphatic heterocycles. The number of rotatable bonds is 3. The predicted octanol–water partition coefficient (Wildman–Crippen LogP) is -1.34. The van der Waals surface area contributed by atoms with Crippen molar-refractivity contribution in [3.05, 3.63) is 0 Å². The Morgan fingerprint density at radius 2 is 1.24 bits per heavy atom. The van der Waals surface area contributed by atoms with Gasteiger partial charge in [-0.1, -0.05) is 0 Å². The molecule has 0 rings (SSSR count). The minimum atomic E-state index is -6.98. The van der Waals surface area contributed by atoms with Crippen molar-refractivity contribution >= 4 is 10.1 Å². The zero-order chi connectivity index (χ0) is 13.6. The van der Waals surface area contributed by atoms with E-state index in [2.05, 4.69) is 0 Å². The van der Waals surface area contributed by atoms with Gasteiger partial charge in [-0.3, -0.25) is 0 Å². The van der Waals surface area contributed by atoms with Crippen molar-refractivity contribution in [3.63, 3.8) is 0 Å². The van der Waals surface area contributed by atoms with E-state index in [4.69, 9.17) is 0 Å². The quantitative estimate of drug-likeness (QED) is 0.368. The molecule has 0 aromatic carbocycles. The summed E-state index contributed by atoms with van der Waals surface area (Å²) in [5.41, 5.74) is -5.20. The molecule has 0 aromatic heterocycles. The molecule has 0 saturated heterocycles. The van der Waals surface area contributed by atoms with Crippen LogP contribution in [-0.2, 0) is 10.1 Å². The Bertz CT molecular complexity index is 361. The molecule has 0 aromatic rings. The largest absolute Gasteiger partial charge is 1.00 e. The smallest absolute Gasteiger partial charge is 0.746 e. The van der Waals surface area contributed by atoms with Crippen molar-refractivity contribution in [2.45, 2.75) is 23.5 Å². The SMILES string of the molecule is O=S(=O)([O-])C(F)C(F)(F)C(F)(F)C(F)(F)F.[K+]. The Hall–Kier alpha value is 0.986. The third-order valence-corrected chi connectivity index (χ3v) is 2.12. The Kier molecular flexibility index (Phi) is 6.62. The summed E-state index contributed by atoms with van der Waals surface area (Å²) < 4.78 is 123. The van der Waals surface area contributed by atoms with Crippen LogP contribution in [0.3, 0.4) is 0 Å². The first-order valence-corrected chi connectivity index (χ1v) is 4.54. The van der Waals surface area contributed by atoms with Gasteiger partial charge in [0.05, 0.1) is 0 Å². The average Bonchev–Trinajstić information content (AvgIpc) is 1.98. The maximum Gasteiger partial charge on any atom is 1.00 e. The number of hydrogen-bond donors (Lipinski definition) is 0. The minimum Gasteiger partial charge on any atom is -0.746 e. The van der Waals surface area contributed by atoms with Crippen LogP contribution >= 0.6 is 0 Å². The topological polar surface area (TPSA) is 57.2 Å². The summed E-state index contributed by atoms with van der Waals surface area (Å²) >= 11 is 0. The monoisotopic (exact) mass is 320 g/mol. The summed E-state index contributed by atoms with van der Waals surface area (Å²) in [6, 6.07) is 0. The van der Waals surface area contributed by atoms with Gasteiger partial charge in [0.15, 0.2) is 0 Å². The van der Waals surface area contributed by atoms with Gasteiger partial charge >= 0.3 is 69.4 Å². The van der Waals surface area contributed by atoms with E-state index in [0.717, 1.165) is 0 Å². The van der Waals surface area contributed by atoms with E-state index in [0.29, 0.717) is 0 Å². The molecule has 0 amide bonds. The molecule has 0 fully saturated rings. The van der Waals surface area contributed by atoms with E-state index >= 15 is 0 Å². The number of hydrogen-bond acceptors (Lipinski definition) is 3. The molecule has 0 radical (unpaired) electrons. The molecule has 0 aliphatic rings. The molecule has 1 unspecified atom stereocenters. The molecule has 1 atom stereocenters. The molecule has 0 aliphatic carbocycles. The van der Waals surface area contributed by atoms with Gasteiger partial charge in [-0.15, -0.1) is 0 Å². The summed E-state index contributed by atoms with van der Waals surface area (Å²) in [6.45, 7) is 0. The van der Waals surface area contributed by atoms with E-state index in [1.54, 1.807) is 0 Å². The summed E-state index contributed by atoms with van der Waals surface area (Å²) in [5.74, 6) is -13.7. The fourth-order valence-corrected chi connectivity index (χ4v) is 1.02. The first-order valence-electron chi connectivity index (χ1n) is 3.07. The minimum absolute atomic E-state index is 0. The second kappa shape index (κ2) is 5.54. The van der Waals surface area contributed by atoms with Gasteiger partial charge in [0.1, 0.15) is 10.1 Å². The molecule has 0 heterocycles. The van der Waals surface area contributed by atoms with Crippen LogP contribution in [0.5, 0.6) is 0 Å². The van der Waals surface area contributed by atoms with E-state index in [1.165, 1.54) is 0 Å². The van der Waals surface area contributed by atoms with Gasteiger partial charge in [-0.25, -0.2) is 12.8 Å². The fraction of sp³-hybridized carbons (Fsp3) is 1.00. The van der Waals surface area contributed by atoms with E-state index < -0.39 is 33.6 Å². The molecule has 17 heavy (non-hydrogen) atoms. The fourth-order valence-electron chi connectivity index (χ4n) is 0.513. The molecule has 0 bridgehead atoms. The average molecular weight is 320 g/mol. The van der Waals surface area contributed by atoms with Crippen LogP contribution in [-0.4, -0.2) is 36.5 Å². The molecule has 98 valence electrons. The Balaban J connectivity index is 0. The summed E-state index contributed by atoms with van der Waals surface area (Å²) in [7, 11) is -6.65. The zero-order valence-corrected chi connectivity index (χ0v) is 11.7. The third kappa shape index (κ3) is 3.97.